The lowest BCUT2D eigenvalue weighted by Gasteiger charge is -2.33. The van der Waals surface area contributed by atoms with Gasteiger partial charge < -0.3 is 15.0 Å². The number of ether oxygens (including phenoxy) is 1. The van der Waals surface area contributed by atoms with E-state index in [0.29, 0.717) is 10.6 Å². The van der Waals surface area contributed by atoms with Crippen LogP contribution in [0.4, 0.5) is 11.4 Å². The summed E-state index contributed by atoms with van der Waals surface area (Å²) in [7, 11) is -2.81. The van der Waals surface area contributed by atoms with Gasteiger partial charge in [-0.15, -0.1) is 0 Å². The predicted molar refractivity (Wildman–Crippen MR) is 148 cm³/mol. The van der Waals surface area contributed by atoms with Crippen molar-refractivity contribution in [2.45, 2.75) is 57.7 Å². The smallest absolute Gasteiger partial charge is 0.271 e. The van der Waals surface area contributed by atoms with E-state index in [9.17, 15) is 28.1 Å². The third-order valence-electron chi connectivity index (χ3n) is 6.71. The number of nitrogens with zero attached hydrogens (tertiary/aromatic N) is 3. The molecule has 1 N–H and O–H groups in total. The molecule has 2 amide bonds. The minimum atomic E-state index is -4.10. The summed E-state index contributed by atoms with van der Waals surface area (Å²) in [4.78, 5) is 39.0. The number of rotatable bonds is 11. The molecular weight excluding hydrogens is 548 g/mol. The number of non-ortho nitro benzene ring substituents is 1. The number of hydrogen-bond donors (Lipinski definition) is 1. The van der Waals surface area contributed by atoms with E-state index < -0.39 is 33.4 Å². The molecule has 39 heavy (non-hydrogen) atoms. The van der Waals surface area contributed by atoms with Crippen molar-refractivity contribution < 1.29 is 27.7 Å². The van der Waals surface area contributed by atoms with E-state index in [0.717, 1.165) is 48.7 Å². The maximum atomic E-state index is 13.7. The number of hydrogen-bond acceptors (Lipinski definition) is 7. The molecule has 212 valence electrons. The van der Waals surface area contributed by atoms with Crippen molar-refractivity contribution >= 4 is 44.8 Å². The first-order chi connectivity index (χ1) is 18.4. The van der Waals surface area contributed by atoms with Gasteiger partial charge in [0.05, 0.1) is 18.3 Å². The Morgan fingerprint density at radius 3 is 2.36 bits per heavy atom. The minimum absolute atomic E-state index is 0.0128. The summed E-state index contributed by atoms with van der Waals surface area (Å²) in [6, 6.07) is 9.31. The monoisotopic (exact) mass is 580 g/mol. The third-order valence-corrected chi connectivity index (χ3v) is 8.08. The molecule has 0 spiro atoms. The zero-order chi connectivity index (χ0) is 28.7. The highest BCUT2D eigenvalue weighted by Gasteiger charge is 2.32. The van der Waals surface area contributed by atoms with E-state index in [2.05, 4.69) is 5.32 Å². The molecule has 13 heteroatoms. The van der Waals surface area contributed by atoms with Crippen LogP contribution in [0.1, 0.15) is 44.6 Å². The maximum absolute atomic E-state index is 13.7. The van der Waals surface area contributed by atoms with Crippen molar-refractivity contribution in [2.75, 3.05) is 24.2 Å². The van der Waals surface area contributed by atoms with Crippen LogP contribution in [0.2, 0.25) is 5.02 Å². The zero-order valence-electron chi connectivity index (χ0n) is 22.1. The molecule has 0 aromatic heterocycles. The van der Waals surface area contributed by atoms with Crippen LogP contribution in [0.25, 0.3) is 0 Å². The van der Waals surface area contributed by atoms with Crippen LogP contribution < -0.4 is 14.4 Å². The fourth-order valence-electron chi connectivity index (χ4n) is 4.52. The summed E-state index contributed by atoms with van der Waals surface area (Å²) in [5.41, 5.74) is 0.155. The molecule has 1 fully saturated rings. The summed E-state index contributed by atoms with van der Waals surface area (Å²) in [6.07, 6.45) is 5.76. The van der Waals surface area contributed by atoms with Gasteiger partial charge in [-0.3, -0.25) is 24.0 Å². The minimum Gasteiger partial charge on any atom is -0.495 e. The first kappa shape index (κ1) is 30.2. The lowest BCUT2D eigenvalue weighted by Crippen LogP contribution is -2.53. The number of nitrogens with one attached hydrogen (secondary N) is 1. The Labute approximate surface area is 233 Å². The second-order valence-electron chi connectivity index (χ2n) is 9.55. The van der Waals surface area contributed by atoms with Crippen LogP contribution in [0.3, 0.4) is 0 Å². The molecule has 1 aliphatic carbocycles. The normalized spacial score (nSPS) is 14.8. The van der Waals surface area contributed by atoms with Crippen molar-refractivity contribution in [3.8, 4) is 5.75 Å². The molecule has 1 aliphatic rings. The molecule has 2 aromatic rings. The van der Waals surface area contributed by atoms with Crippen molar-refractivity contribution in [1.29, 1.82) is 0 Å². The number of carbonyl (C=O) groups excluding carboxylic acids is 2. The van der Waals surface area contributed by atoms with Gasteiger partial charge >= 0.3 is 0 Å². The summed E-state index contributed by atoms with van der Waals surface area (Å²) >= 11 is 6.00. The van der Waals surface area contributed by atoms with Crippen molar-refractivity contribution in [2.24, 2.45) is 0 Å². The van der Waals surface area contributed by atoms with Gasteiger partial charge in [0.15, 0.2) is 0 Å². The highest BCUT2D eigenvalue weighted by molar-refractivity contribution is 7.92. The van der Waals surface area contributed by atoms with Crippen LogP contribution in [0.5, 0.6) is 5.75 Å². The number of amides is 2. The lowest BCUT2D eigenvalue weighted by molar-refractivity contribution is -0.384. The van der Waals surface area contributed by atoms with Gasteiger partial charge in [0.1, 0.15) is 24.0 Å². The number of methoxy groups -OCH3 is 1. The van der Waals surface area contributed by atoms with Gasteiger partial charge in [0.25, 0.3) is 5.69 Å². The number of benzene rings is 2. The molecule has 0 saturated heterocycles. The van der Waals surface area contributed by atoms with E-state index in [-0.39, 0.29) is 35.6 Å². The number of nitro benzene ring substituents is 1. The molecule has 2 aromatic carbocycles. The van der Waals surface area contributed by atoms with Crippen LogP contribution in [0.15, 0.2) is 42.5 Å². The first-order valence-corrected chi connectivity index (χ1v) is 14.8. The van der Waals surface area contributed by atoms with Gasteiger partial charge in [-0.1, -0.05) is 43.0 Å². The molecule has 1 atom stereocenters. The Kier molecular flexibility index (Phi) is 10.1. The Bertz CT molecular complexity index is 1300. The average Bonchev–Trinajstić information content (AvgIpc) is 2.90. The average molecular weight is 581 g/mol. The van der Waals surface area contributed by atoms with E-state index >= 15 is 0 Å². The summed E-state index contributed by atoms with van der Waals surface area (Å²) in [6.45, 7) is 0.897. The van der Waals surface area contributed by atoms with Gasteiger partial charge in [0.2, 0.25) is 21.8 Å². The molecular formula is C26H33ClN4O7S. The van der Waals surface area contributed by atoms with E-state index in [1.807, 2.05) is 0 Å². The predicted octanol–water partition coefficient (Wildman–Crippen LogP) is 3.89. The first-order valence-electron chi connectivity index (χ1n) is 12.5. The quantitative estimate of drug-likeness (QED) is 0.314. The molecule has 1 saturated carbocycles. The molecule has 3 rings (SSSR count). The van der Waals surface area contributed by atoms with E-state index in [4.69, 9.17) is 16.3 Å². The number of anilines is 1. The highest BCUT2D eigenvalue weighted by Crippen LogP contribution is 2.34. The second-order valence-corrected chi connectivity index (χ2v) is 11.9. The summed E-state index contributed by atoms with van der Waals surface area (Å²) < 4.78 is 31.7. The number of carbonyl (C=O) groups is 2. The van der Waals surface area contributed by atoms with Gasteiger partial charge in [-0.25, -0.2) is 8.42 Å². The standard InChI is InChI=1S/C26H33ClN4O7S/c1-18(26(33)28-21-7-5-4-6-8-21)29(16-19-9-11-20(27)12-10-19)25(32)17-30(39(3,36)37)23-15-22(31(34)35)13-14-24(23)38-2/h9-15,18,21H,4-8,16-17H2,1-3H3,(H,28,33)/t18-/m1/s1. The van der Waals surface area contributed by atoms with Crippen molar-refractivity contribution in [3.63, 3.8) is 0 Å². The third kappa shape index (κ3) is 8.06. The van der Waals surface area contributed by atoms with Crippen molar-refractivity contribution in [3.05, 3.63) is 63.2 Å². The van der Waals surface area contributed by atoms with Gasteiger partial charge in [-0.2, -0.15) is 0 Å². The van der Waals surface area contributed by atoms with Crippen LogP contribution in [0, 0.1) is 10.1 Å². The Balaban J connectivity index is 1.95. The molecule has 0 unspecified atom stereocenters. The number of nitro groups is 1. The molecule has 0 aliphatic heterocycles. The topological polar surface area (TPSA) is 139 Å². The van der Waals surface area contributed by atoms with Gasteiger partial charge in [-0.05, 0) is 43.5 Å². The fourth-order valence-corrected chi connectivity index (χ4v) is 5.49. The van der Waals surface area contributed by atoms with E-state index in [1.54, 1.807) is 31.2 Å². The van der Waals surface area contributed by atoms with E-state index in [1.165, 1.54) is 24.1 Å². The summed E-state index contributed by atoms with van der Waals surface area (Å²) in [5.74, 6) is -0.982. The van der Waals surface area contributed by atoms with Crippen LogP contribution in [-0.2, 0) is 26.2 Å². The zero-order valence-corrected chi connectivity index (χ0v) is 23.7. The largest absolute Gasteiger partial charge is 0.495 e. The Morgan fingerprint density at radius 1 is 1.15 bits per heavy atom. The Hall–Kier alpha value is -3.38. The maximum Gasteiger partial charge on any atom is 0.271 e. The SMILES string of the molecule is COc1ccc([N+](=O)[O-])cc1N(CC(=O)N(Cc1ccc(Cl)cc1)[C@H](C)C(=O)NC1CCCCC1)S(C)(=O)=O. The van der Waals surface area contributed by atoms with Crippen molar-refractivity contribution in [1.82, 2.24) is 10.2 Å². The molecule has 0 heterocycles. The fraction of sp³-hybridized carbons (Fsp3) is 0.462. The van der Waals surface area contributed by atoms with Crippen LogP contribution in [-0.4, -0.2) is 62.0 Å². The van der Waals surface area contributed by atoms with Gasteiger partial charge in [0, 0.05) is 29.7 Å². The molecule has 11 nitrogen and oxygen atoms in total. The highest BCUT2D eigenvalue weighted by atomic mass is 35.5. The number of sulfonamides is 1. The Morgan fingerprint density at radius 2 is 1.79 bits per heavy atom. The molecule has 0 radical (unpaired) electrons. The summed E-state index contributed by atoms with van der Waals surface area (Å²) in [5, 5.41) is 14.9. The van der Waals surface area contributed by atoms with Crippen LogP contribution >= 0.6 is 11.6 Å². The number of halogens is 1. The lowest BCUT2D eigenvalue weighted by atomic mass is 9.95. The molecule has 0 bridgehead atoms. The second kappa shape index (κ2) is 13.1.